The quantitative estimate of drug-likeness (QED) is 0.716. The highest BCUT2D eigenvalue weighted by molar-refractivity contribution is 5.52. The summed E-state index contributed by atoms with van der Waals surface area (Å²) in [7, 11) is 0. The van der Waals surface area contributed by atoms with Crippen LogP contribution < -0.4 is 20.5 Å². The van der Waals surface area contributed by atoms with Crippen molar-refractivity contribution < 1.29 is 14.6 Å². The van der Waals surface area contributed by atoms with Crippen LogP contribution in [0.5, 0.6) is 17.5 Å². The van der Waals surface area contributed by atoms with Crippen molar-refractivity contribution in [3.63, 3.8) is 0 Å². The maximum Gasteiger partial charge on any atom is 0.322 e. The monoisotopic (exact) mass is 344 g/mol. The van der Waals surface area contributed by atoms with E-state index >= 15 is 0 Å². The van der Waals surface area contributed by atoms with Crippen LogP contribution in [0.3, 0.4) is 0 Å². The molecular weight excluding hydrogens is 320 g/mol. The molecule has 7 heteroatoms. The maximum absolute atomic E-state index is 9.97. The smallest absolute Gasteiger partial charge is 0.322 e. The van der Waals surface area contributed by atoms with E-state index in [1.54, 1.807) is 26.2 Å². The highest BCUT2D eigenvalue weighted by Crippen LogP contribution is 2.44. The molecule has 25 heavy (non-hydrogen) atoms. The van der Waals surface area contributed by atoms with Gasteiger partial charge in [-0.15, -0.1) is 0 Å². The van der Waals surface area contributed by atoms with E-state index in [0.717, 1.165) is 11.3 Å². The number of nitrogens with one attached hydrogen (secondary N) is 1. The third-order valence-corrected chi connectivity index (χ3v) is 4.09. The molecule has 1 aliphatic rings. The molecule has 0 amide bonds. The number of hydrogen-bond acceptors (Lipinski definition) is 7. The number of benzene rings is 1. The lowest BCUT2D eigenvalue weighted by Crippen LogP contribution is -2.49. The van der Waals surface area contributed by atoms with Crippen LogP contribution in [0.2, 0.25) is 0 Å². The molecule has 1 aromatic heterocycles. The van der Waals surface area contributed by atoms with Gasteiger partial charge in [-0.1, -0.05) is 19.9 Å². The number of nitrogens with zero attached hydrogens (tertiary/aromatic N) is 2. The van der Waals surface area contributed by atoms with Gasteiger partial charge < -0.3 is 25.6 Å². The molecular formula is C18H24N4O3. The average Bonchev–Trinajstić information content (AvgIpc) is 2.85. The first-order valence-electron chi connectivity index (χ1n) is 8.16. The van der Waals surface area contributed by atoms with Crippen molar-refractivity contribution >= 4 is 5.69 Å². The molecule has 0 saturated heterocycles. The number of hydrogen-bond donors (Lipinski definition) is 3. The first-order valence-corrected chi connectivity index (χ1v) is 8.16. The molecule has 3 rings (SSSR count). The van der Waals surface area contributed by atoms with Crippen molar-refractivity contribution in [3.8, 4) is 17.5 Å². The van der Waals surface area contributed by atoms with Gasteiger partial charge in [0.1, 0.15) is 17.7 Å². The highest BCUT2D eigenvalue weighted by Gasteiger charge is 2.35. The molecule has 7 nitrogen and oxygen atoms in total. The van der Waals surface area contributed by atoms with E-state index in [1.165, 1.54) is 0 Å². The van der Waals surface area contributed by atoms with Crippen molar-refractivity contribution in [2.24, 2.45) is 5.73 Å². The van der Waals surface area contributed by atoms with Crippen LogP contribution in [-0.2, 0) is 5.41 Å². The zero-order chi connectivity index (χ0) is 18.2. The van der Waals surface area contributed by atoms with E-state index in [0.29, 0.717) is 18.0 Å². The van der Waals surface area contributed by atoms with Crippen LogP contribution in [0.25, 0.3) is 0 Å². The van der Waals surface area contributed by atoms with Gasteiger partial charge in [0.05, 0.1) is 30.2 Å². The van der Waals surface area contributed by atoms with Crippen molar-refractivity contribution in [2.45, 2.75) is 44.9 Å². The fraction of sp³-hybridized carbons (Fsp3) is 0.444. The molecule has 134 valence electrons. The average molecular weight is 344 g/mol. The number of rotatable bonds is 5. The lowest BCUT2D eigenvalue weighted by molar-refractivity contribution is 0.130. The third-order valence-electron chi connectivity index (χ3n) is 4.09. The van der Waals surface area contributed by atoms with Gasteiger partial charge >= 0.3 is 6.01 Å². The number of aliphatic hydroxyl groups excluding tert-OH is 1. The zero-order valence-corrected chi connectivity index (χ0v) is 14.9. The largest absolute Gasteiger partial charge is 0.492 e. The first-order chi connectivity index (χ1) is 11.7. The number of anilines is 1. The van der Waals surface area contributed by atoms with Gasteiger partial charge in [0.25, 0.3) is 0 Å². The van der Waals surface area contributed by atoms with Gasteiger partial charge in [-0.3, -0.25) is 0 Å². The number of ether oxygens (including phenoxy) is 2. The van der Waals surface area contributed by atoms with E-state index in [4.69, 9.17) is 15.2 Å². The van der Waals surface area contributed by atoms with Crippen LogP contribution in [0, 0.1) is 0 Å². The number of aliphatic hydroxyl groups is 1. The summed E-state index contributed by atoms with van der Waals surface area (Å²) in [6.07, 6.45) is 2.17. The first kappa shape index (κ1) is 17.4. The van der Waals surface area contributed by atoms with Gasteiger partial charge in [-0.05, 0) is 26.0 Å². The minimum Gasteiger partial charge on any atom is -0.492 e. The number of nitrogens with two attached hydrogens (primary N) is 1. The van der Waals surface area contributed by atoms with E-state index in [9.17, 15) is 5.11 Å². The Hall–Kier alpha value is -2.38. The minimum absolute atomic E-state index is 0.135. The van der Waals surface area contributed by atoms with Gasteiger partial charge in [-0.2, -0.15) is 0 Å². The van der Waals surface area contributed by atoms with Crippen molar-refractivity contribution in [1.29, 1.82) is 0 Å². The summed E-state index contributed by atoms with van der Waals surface area (Å²) in [4.78, 5) is 8.39. The Morgan fingerprint density at radius 3 is 2.64 bits per heavy atom. The minimum atomic E-state index is -0.918. The summed E-state index contributed by atoms with van der Waals surface area (Å²) in [5.41, 5.74) is 6.50. The van der Waals surface area contributed by atoms with Crippen molar-refractivity contribution in [1.82, 2.24) is 9.97 Å². The van der Waals surface area contributed by atoms with E-state index in [1.807, 2.05) is 18.2 Å². The summed E-state index contributed by atoms with van der Waals surface area (Å²) in [5.74, 6) is 1.51. The number of fused-ring (bicyclic) bond motifs is 1. The van der Waals surface area contributed by atoms with Crippen LogP contribution in [0.15, 0.2) is 30.6 Å². The molecule has 1 unspecified atom stereocenters. The molecule has 1 aromatic carbocycles. The fourth-order valence-corrected chi connectivity index (χ4v) is 2.60. The summed E-state index contributed by atoms with van der Waals surface area (Å²) in [6, 6.07) is 5.92. The van der Waals surface area contributed by atoms with Gasteiger partial charge in [-0.25, -0.2) is 9.97 Å². The zero-order valence-electron chi connectivity index (χ0n) is 14.9. The van der Waals surface area contributed by atoms with E-state index in [-0.39, 0.29) is 11.4 Å². The maximum atomic E-state index is 9.97. The molecule has 2 aromatic rings. The van der Waals surface area contributed by atoms with Crippen LogP contribution in [0.1, 0.15) is 33.3 Å². The fourth-order valence-electron chi connectivity index (χ4n) is 2.60. The molecule has 0 bridgehead atoms. The molecule has 1 aliphatic heterocycles. The molecule has 0 fully saturated rings. The van der Waals surface area contributed by atoms with E-state index < -0.39 is 11.8 Å². The van der Waals surface area contributed by atoms with Crippen molar-refractivity contribution in [2.75, 3.05) is 11.9 Å². The lowest BCUT2D eigenvalue weighted by Gasteiger charge is -2.27. The molecule has 2 heterocycles. The van der Waals surface area contributed by atoms with Crippen LogP contribution in [0.4, 0.5) is 5.69 Å². The van der Waals surface area contributed by atoms with Crippen molar-refractivity contribution in [3.05, 3.63) is 36.2 Å². The third kappa shape index (κ3) is 3.67. The molecule has 0 radical (unpaired) electrons. The Labute approximate surface area is 147 Å². The summed E-state index contributed by atoms with van der Waals surface area (Å²) in [6.45, 7) is 8.27. The second-order valence-corrected chi connectivity index (χ2v) is 7.53. The lowest BCUT2D eigenvalue weighted by atomic mass is 9.86. The molecule has 0 saturated carbocycles. The Bertz CT molecular complexity index is 754. The van der Waals surface area contributed by atoms with Crippen LogP contribution >= 0.6 is 0 Å². The standard InChI is InChI=1S/C18H24N4O3/c1-17(2)10-24-12-6-5-7-13(14(12)17)25-16-20-8-11(9-21-16)22-15(23)18(3,4)19/h5-9,15,22-23H,10,19H2,1-4H3. The van der Waals surface area contributed by atoms with E-state index in [2.05, 4.69) is 29.1 Å². The normalized spacial score (nSPS) is 16.7. The van der Waals surface area contributed by atoms with Gasteiger partial charge in [0, 0.05) is 11.0 Å². The molecule has 0 aliphatic carbocycles. The Balaban J connectivity index is 1.77. The second kappa shape index (κ2) is 6.16. The Morgan fingerprint density at radius 2 is 2.00 bits per heavy atom. The van der Waals surface area contributed by atoms with Gasteiger partial charge in [0.2, 0.25) is 0 Å². The van der Waals surface area contributed by atoms with Gasteiger partial charge in [0.15, 0.2) is 0 Å². The molecule has 4 N–H and O–H groups in total. The second-order valence-electron chi connectivity index (χ2n) is 7.53. The summed E-state index contributed by atoms with van der Waals surface area (Å²) in [5, 5.41) is 12.8. The molecule has 0 spiro atoms. The summed E-state index contributed by atoms with van der Waals surface area (Å²) < 4.78 is 11.6. The molecule has 1 atom stereocenters. The number of aromatic nitrogens is 2. The van der Waals surface area contributed by atoms with Crippen LogP contribution in [-0.4, -0.2) is 33.4 Å². The topological polar surface area (TPSA) is 103 Å². The predicted octanol–water partition coefficient (Wildman–Crippen LogP) is 2.41. The highest BCUT2D eigenvalue weighted by atomic mass is 16.5. The SMILES string of the molecule is CC1(C)COc2cccc(Oc3ncc(NC(O)C(C)(C)N)cn3)c21. The summed E-state index contributed by atoms with van der Waals surface area (Å²) >= 11 is 0. The Kier molecular flexibility index (Phi) is 4.30. The predicted molar refractivity (Wildman–Crippen MR) is 95.0 cm³/mol. The Morgan fingerprint density at radius 1 is 1.32 bits per heavy atom.